The first-order valence-electron chi connectivity index (χ1n) is 5.82. The van der Waals surface area contributed by atoms with Crippen LogP contribution in [0.15, 0.2) is 39.3 Å². The number of halogens is 4. The average Bonchev–Trinajstić information content (AvgIpc) is 2.39. The van der Waals surface area contributed by atoms with Gasteiger partial charge in [-0.3, -0.25) is 0 Å². The fourth-order valence-corrected chi connectivity index (χ4v) is 3.05. The van der Waals surface area contributed by atoms with Gasteiger partial charge in [0.25, 0.3) is 0 Å². The lowest BCUT2D eigenvalue weighted by Gasteiger charge is -2.11. The summed E-state index contributed by atoms with van der Waals surface area (Å²) in [5, 5.41) is 1.03. The molecule has 0 aromatic heterocycles. The first-order valence-corrected chi connectivity index (χ1v) is 8.16. The Morgan fingerprint density at radius 1 is 1.00 bits per heavy atom. The fraction of sp³-hybridized carbons (Fsp3) is 0.143. The summed E-state index contributed by atoms with van der Waals surface area (Å²) in [4.78, 5) is 0. The van der Waals surface area contributed by atoms with Gasteiger partial charge in [0.15, 0.2) is 0 Å². The molecule has 106 valence electrons. The second-order valence-corrected chi connectivity index (χ2v) is 6.61. The van der Waals surface area contributed by atoms with Crippen molar-refractivity contribution in [2.24, 2.45) is 5.73 Å². The van der Waals surface area contributed by atoms with E-state index < -0.39 is 0 Å². The summed E-state index contributed by atoms with van der Waals surface area (Å²) in [5.74, 6) is 1.19. The SMILES string of the molecule is NCCc1ccc(Oc2cc(Cl)c(Br)cc2Cl)cc1Br. The minimum atomic E-state index is 0.489. The Labute approximate surface area is 144 Å². The molecule has 2 nitrogen and oxygen atoms in total. The summed E-state index contributed by atoms with van der Waals surface area (Å²) in [5.41, 5.74) is 6.69. The van der Waals surface area contributed by atoms with Crippen LogP contribution in [0.4, 0.5) is 0 Å². The topological polar surface area (TPSA) is 35.2 Å². The van der Waals surface area contributed by atoms with Crippen LogP contribution in [0.1, 0.15) is 5.56 Å². The molecule has 0 saturated carbocycles. The maximum Gasteiger partial charge on any atom is 0.147 e. The Morgan fingerprint density at radius 3 is 2.40 bits per heavy atom. The van der Waals surface area contributed by atoms with E-state index in [0.29, 0.717) is 28.1 Å². The van der Waals surface area contributed by atoms with Gasteiger partial charge in [-0.05, 0) is 52.7 Å². The highest BCUT2D eigenvalue weighted by Crippen LogP contribution is 2.37. The molecule has 2 rings (SSSR count). The van der Waals surface area contributed by atoms with Gasteiger partial charge in [0.05, 0.1) is 10.0 Å². The van der Waals surface area contributed by atoms with Crippen molar-refractivity contribution in [3.8, 4) is 11.5 Å². The van der Waals surface area contributed by atoms with Gasteiger partial charge < -0.3 is 10.5 Å². The van der Waals surface area contributed by atoms with Gasteiger partial charge in [-0.15, -0.1) is 0 Å². The van der Waals surface area contributed by atoms with Gasteiger partial charge in [-0.1, -0.05) is 45.2 Å². The molecule has 0 atom stereocenters. The van der Waals surface area contributed by atoms with Crippen molar-refractivity contribution >= 4 is 55.1 Å². The normalized spacial score (nSPS) is 10.7. The van der Waals surface area contributed by atoms with Gasteiger partial charge in [-0.25, -0.2) is 0 Å². The Kier molecular flexibility index (Phi) is 5.75. The van der Waals surface area contributed by atoms with Crippen LogP contribution in [0.2, 0.25) is 10.0 Å². The van der Waals surface area contributed by atoms with E-state index in [-0.39, 0.29) is 0 Å². The number of hydrogen-bond acceptors (Lipinski definition) is 2. The summed E-state index contributed by atoms with van der Waals surface area (Å²) < 4.78 is 7.45. The van der Waals surface area contributed by atoms with E-state index in [9.17, 15) is 0 Å². The zero-order valence-corrected chi connectivity index (χ0v) is 15.0. The highest BCUT2D eigenvalue weighted by molar-refractivity contribution is 9.10. The second-order valence-electron chi connectivity index (χ2n) is 4.09. The predicted molar refractivity (Wildman–Crippen MR) is 91.1 cm³/mol. The minimum absolute atomic E-state index is 0.489. The average molecular weight is 440 g/mol. The van der Waals surface area contributed by atoms with Crippen molar-refractivity contribution in [3.63, 3.8) is 0 Å². The number of benzene rings is 2. The van der Waals surface area contributed by atoms with Crippen molar-refractivity contribution in [2.45, 2.75) is 6.42 Å². The Hall–Kier alpha value is -0.260. The van der Waals surface area contributed by atoms with E-state index in [1.54, 1.807) is 12.1 Å². The number of rotatable bonds is 4. The molecule has 2 aromatic carbocycles. The summed E-state index contributed by atoms with van der Waals surface area (Å²) in [7, 11) is 0. The molecule has 2 N–H and O–H groups in total. The van der Waals surface area contributed by atoms with Crippen LogP contribution in [0.25, 0.3) is 0 Å². The van der Waals surface area contributed by atoms with Crippen LogP contribution < -0.4 is 10.5 Å². The zero-order valence-electron chi connectivity index (χ0n) is 10.3. The van der Waals surface area contributed by atoms with Crippen molar-refractivity contribution in [1.29, 1.82) is 0 Å². The summed E-state index contributed by atoms with van der Waals surface area (Å²) >= 11 is 19.0. The number of ether oxygens (including phenoxy) is 1. The first kappa shape index (κ1) is 16.1. The maximum absolute atomic E-state index is 6.13. The molecule has 0 saturated heterocycles. The largest absolute Gasteiger partial charge is 0.456 e. The molecule has 0 amide bonds. The number of nitrogens with two attached hydrogens (primary N) is 1. The molecule has 0 fully saturated rings. The highest BCUT2D eigenvalue weighted by atomic mass is 79.9. The summed E-state index contributed by atoms with van der Waals surface area (Å²) in [6.45, 7) is 0.604. The Bertz CT molecular complexity index is 635. The highest BCUT2D eigenvalue weighted by Gasteiger charge is 2.09. The van der Waals surface area contributed by atoms with Gasteiger partial charge in [0.1, 0.15) is 11.5 Å². The third kappa shape index (κ3) is 3.89. The molecule has 0 heterocycles. The molecule has 20 heavy (non-hydrogen) atoms. The molecule has 0 unspecified atom stereocenters. The molecule has 0 aliphatic carbocycles. The second kappa shape index (κ2) is 7.14. The van der Waals surface area contributed by atoms with Gasteiger partial charge in [0.2, 0.25) is 0 Å². The summed E-state index contributed by atoms with van der Waals surface area (Å²) in [6.07, 6.45) is 0.811. The van der Waals surface area contributed by atoms with Gasteiger partial charge in [-0.2, -0.15) is 0 Å². The van der Waals surface area contributed by atoms with E-state index in [0.717, 1.165) is 20.9 Å². The predicted octanol–water partition coefficient (Wildman–Crippen LogP) is 5.81. The van der Waals surface area contributed by atoms with E-state index in [2.05, 4.69) is 31.9 Å². The van der Waals surface area contributed by atoms with E-state index in [4.69, 9.17) is 33.7 Å². The van der Waals surface area contributed by atoms with E-state index in [1.165, 1.54) is 0 Å². The van der Waals surface area contributed by atoms with Gasteiger partial charge in [0, 0.05) is 15.0 Å². The lowest BCUT2D eigenvalue weighted by Crippen LogP contribution is -2.03. The summed E-state index contributed by atoms with van der Waals surface area (Å²) in [6, 6.07) is 9.12. The molecule has 2 aromatic rings. The van der Waals surface area contributed by atoms with E-state index in [1.807, 2.05) is 18.2 Å². The molecular formula is C14H11Br2Cl2NO. The monoisotopic (exact) mass is 437 g/mol. The molecule has 0 radical (unpaired) electrons. The Morgan fingerprint density at radius 2 is 1.75 bits per heavy atom. The van der Waals surface area contributed by atoms with Crippen molar-refractivity contribution < 1.29 is 4.74 Å². The lowest BCUT2D eigenvalue weighted by atomic mass is 10.1. The quantitative estimate of drug-likeness (QED) is 0.610. The minimum Gasteiger partial charge on any atom is -0.456 e. The molecule has 0 aliphatic rings. The molecule has 0 aliphatic heterocycles. The maximum atomic E-state index is 6.13. The van der Waals surface area contributed by atoms with Crippen LogP contribution >= 0.6 is 55.1 Å². The van der Waals surface area contributed by atoms with Crippen LogP contribution in [0, 0.1) is 0 Å². The number of hydrogen-bond donors (Lipinski definition) is 1. The third-order valence-electron chi connectivity index (χ3n) is 2.64. The molecule has 0 spiro atoms. The molecule has 6 heteroatoms. The Balaban J connectivity index is 2.26. The standard InChI is InChI=1S/C14H11Br2Cl2NO/c15-10-5-9(2-1-8(10)3-4-19)20-14-7-12(17)11(16)6-13(14)18/h1-2,5-7H,3-4,19H2. The lowest BCUT2D eigenvalue weighted by molar-refractivity contribution is 0.482. The van der Waals surface area contributed by atoms with Crippen LogP contribution in [0.3, 0.4) is 0 Å². The fourth-order valence-electron chi connectivity index (χ4n) is 1.66. The van der Waals surface area contributed by atoms with E-state index >= 15 is 0 Å². The van der Waals surface area contributed by atoms with Crippen molar-refractivity contribution in [3.05, 3.63) is 54.9 Å². The van der Waals surface area contributed by atoms with Crippen LogP contribution in [-0.2, 0) is 6.42 Å². The van der Waals surface area contributed by atoms with Crippen molar-refractivity contribution in [1.82, 2.24) is 0 Å². The molecular weight excluding hydrogens is 429 g/mol. The van der Waals surface area contributed by atoms with Crippen molar-refractivity contribution in [2.75, 3.05) is 6.54 Å². The van der Waals surface area contributed by atoms with Crippen LogP contribution in [-0.4, -0.2) is 6.54 Å². The first-order chi connectivity index (χ1) is 9.51. The van der Waals surface area contributed by atoms with Gasteiger partial charge >= 0.3 is 0 Å². The zero-order chi connectivity index (χ0) is 14.7. The smallest absolute Gasteiger partial charge is 0.147 e. The molecule has 0 bridgehead atoms. The van der Waals surface area contributed by atoms with Crippen LogP contribution in [0.5, 0.6) is 11.5 Å². The third-order valence-corrected chi connectivity index (χ3v) is 4.87.